The van der Waals surface area contributed by atoms with Crippen molar-refractivity contribution in [3.8, 4) is 0 Å². The molecule has 0 spiro atoms. The number of nitrogens with zero attached hydrogens (tertiary/aromatic N) is 1. The Morgan fingerprint density at radius 3 is 2.10 bits per heavy atom. The van der Waals surface area contributed by atoms with Crippen LogP contribution < -0.4 is 26.6 Å². The number of nitrogens with one attached hydrogen (secondary N) is 5. The average molecular weight is 685 g/mol. The molecule has 0 saturated carbocycles. The molecule has 0 bridgehead atoms. The van der Waals surface area contributed by atoms with Crippen LogP contribution >= 0.6 is 0 Å². The van der Waals surface area contributed by atoms with E-state index in [1.165, 1.54) is 6.92 Å². The summed E-state index contributed by atoms with van der Waals surface area (Å²) in [5.41, 5.74) is 0.653. The number of alkyl halides is 3. The lowest BCUT2D eigenvalue weighted by molar-refractivity contribution is -0.158. The van der Waals surface area contributed by atoms with E-state index in [2.05, 4.69) is 26.6 Å². The number of carboxylic acid groups (broad SMARTS) is 1. The van der Waals surface area contributed by atoms with Gasteiger partial charge in [0.1, 0.15) is 18.8 Å². The van der Waals surface area contributed by atoms with Crippen molar-refractivity contribution in [1.29, 1.82) is 0 Å². The molecule has 1 aromatic carbocycles. The normalized spacial score (nSPS) is 14.6. The minimum absolute atomic E-state index is 0.00354. The van der Waals surface area contributed by atoms with Crippen molar-refractivity contribution in [3.63, 3.8) is 0 Å². The Balaban J connectivity index is 1.80. The summed E-state index contributed by atoms with van der Waals surface area (Å²) in [4.78, 5) is 84.6. The number of halogens is 3. The lowest BCUT2D eigenvalue weighted by Gasteiger charge is -2.22. The summed E-state index contributed by atoms with van der Waals surface area (Å²) in [6, 6.07) is 5.32. The zero-order valence-electron chi connectivity index (χ0n) is 26.1. The number of benzene rings is 1. The molecule has 0 aromatic heterocycles. The van der Waals surface area contributed by atoms with Crippen molar-refractivity contribution in [2.75, 3.05) is 32.9 Å². The first-order chi connectivity index (χ1) is 22.7. The maximum atomic E-state index is 13.5. The summed E-state index contributed by atoms with van der Waals surface area (Å²) in [5.74, 6) is -5.35. The van der Waals surface area contributed by atoms with E-state index in [4.69, 9.17) is 9.84 Å². The zero-order valence-corrected chi connectivity index (χ0v) is 26.1. The fourth-order valence-electron chi connectivity index (χ4n) is 4.26. The highest BCUT2D eigenvalue weighted by Crippen LogP contribution is 2.24. The number of carbonyl (C=O) groups excluding carboxylic acids is 6. The summed E-state index contributed by atoms with van der Waals surface area (Å²) in [6.45, 7) is -0.999. The molecule has 3 atom stereocenters. The van der Waals surface area contributed by atoms with Gasteiger partial charge in [-0.25, -0.2) is 4.79 Å². The molecule has 48 heavy (non-hydrogen) atoms. The van der Waals surface area contributed by atoms with Gasteiger partial charge in [-0.1, -0.05) is 43.2 Å². The third kappa shape index (κ3) is 14.7. The number of carboxylic acids is 1. The van der Waals surface area contributed by atoms with Crippen molar-refractivity contribution in [3.05, 3.63) is 48.0 Å². The van der Waals surface area contributed by atoms with E-state index in [1.807, 2.05) is 0 Å². The van der Waals surface area contributed by atoms with Gasteiger partial charge in [-0.3, -0.25) is 39.0 Å². The number of aliphatic carboxylic acids is 1. The van der Waals surface area contributed by atoms with Crippen molar-refractivity contribution in [2.45, 2.75) is 63.4 Å². The first-order valence-electron chi connectivity index (χ1n) is 15.0. The number of amides is 6. The van der Waals surface area contributed by atoms with E-state index in [-0.39, 0.29) is 25.8 Å². The van der Waals surface area contributed by atoms with Crippen LogP contribution in [0.25, 0.3) is 0 Å². The summed E-state index contributed by atoms with van der Waals surface area (Å²) >= 11 is 0. The van der Waals surface area contributed by atoms with E-state index in [0.29, 0.717) is 18.4 Å². The van der Waals surface area contributed by atoms with Gasteiger partial charge in [0.05, 0.1) is 19.6 Å². The highest BCUT2D eigenvalue weighted by Gasteiger charge is 2.39. The minimum Gasteiger partial charge on any atom is -0.479 e. The average Bonchev–Trinajstić information content (AvgIpc) is 3.35. The van der Waals surface area contributed by atoms with Gasteiger partial charge in [-0.05, 0) is 25.3 Å². The van der Waals surface area contributed by atoms with Crippen LogP contribution in [0.4, 0.5) is 13.2 Å². The fraction of sp³-hybridized carbons (Fsp3) is 0.500. The first-order valence-corrected chi connectivity index (χ1v) is 15.0. The number of unbranched alkanes of at least 4 members (excludes halogenated alkanes) is 2. The molecule has 264 valence electrons. The van der Waals surface area contributed by atoms with Gasteiger partial charge in [0, 0.05) is 25.1 Å². The molecular weight excluding hydrogens is 645 g/mol. The molecule has 18 heteroatoms. The van der Waals surface area contributed by atoms with Gasteiger partial charge in [0.15, 0.2) is 6.10 Å². The molecule has 0 aliphatic carbocycles. The van der Waals surface area contributed by atoms with E-state index in [9.17, 15) is 46.7 Å². The Morgan fingerprint density at radius 2 is 1.48 bits per heavy atom. The smallest absolute Gasteiger partial charge is 0.403 e. The monoisotopic (exact) mass is 684 g/mol. The van der Waals surface area contributed by atoms with Gasteiger partial charge in [-0.2, -0.15) is 13.2 Å². The molecule has 1 aromatic rings. The Kier molecular flexibility index (Phi) is 16.2. The third-order valence-electron chi connectivity index (χ3n) is 6.93. The van der Waals surface area contributed by atoms with E-state index in [0.717, 1.165) is 17.1 Å². The topological polar surface area (TPSA) is 212 Å². The summed E-state index contributed by atoms with van der Waals surface area (Å²) in [6.07, 6.45) is -3.22. The lowest BCUT2D eigenvalue weighted by atomic mass is 10.1. The van der Waals surface area contributed by atoms with Crippen LogP contribution in [0.3, 0.4) is 0 Å². The van der Waals surface area contributed by atoms with Crippen LogP contribution in [0.1, 0.15) is 38.2 Å². The number of hydrogen-bond donors (Lipinski definition) is 6. The van der Waals surface area contributed by atoms with Gasteiger partial charge < -0.3 is 31.1 Å². The van der Waals surface area contributed by atoms with Crippen molar-refractivity contribution in [2.24, 2.45) is 0 Å². The number of ether oxygens (including phenoxy) is 1. The third-order valence-corrected chi connectivity index (χ3v) is 6.93. The second-order valence-electron chi connectivity index (χ2n) is 10.7. The van der Waals surface area contributed by atoms with Crippen LogP contribution in [-0.2, 0) is 44.7 Å². The summed E-state index contributed by atoms with van der Waals surface area (Å²) < 4.78 is 45.4. The first kappa shape index (κ1) is 39.3. The standard InChI is InChI=1S/C30H39F3N6O9/c1-19(29(46)47)48-18-37-24(41)16-36-28(45)21(14-20-8-4-2-5-9-20)38-25(42)17-35-23(40)15-34-22(30(31,32)33)10-6-3-7-13-39-26(43)11-12-27(39)44/h2,4-5,8-9,11-12,19,21-22,34H,3,6-7,10,13-18H2,1H3,(H,35,40)(H,36,45)(H,37,41)(H,38,42)(H,46,47)/t19-,21-,22?/m0/s1. The minimum atomic E-state index is -4.67. The predicted molar refractivity (Wildman–Crippen MR) is 161 cm³/mol. The van der Waals surface area contributed by atoms with Crippen molar-refractivity contribution < 1.29 is 56.6 Å². The van der Waals surface area contributed by atoms with Gasteiger partial charge in [-0.15, -0.1) is 0 Å². The Morgan fingerprint density at radius 1 is 0.854 bits per heavy atom. The SMILES string of the molecule is C[C@H](OCNC(=O)CNC(=O)[C@H](Cc1ccccc1)NC(=O)CNC(=O)CNC(CCCCCN1C(=O)C=CC1=O)C(F)(F)F)C(=O)O. The molecule has 6 N–H and O–H groups in total. The van der Waals surface area contributed by atoms with E-state index >= 15 is 0 Å². The molecule has 1 unspecified atom stereocenters. The maximum Gasteiger partial charge on any atom is 0.403 e. The quantitative estimate of drug-likeness (QED) is 0.0556. The van der Waals surface area contributed by atoms with Crippen molar-refractivity contribution >= 4 is 41.4 Å². The highest BCUT2D eigenvalue weighted by molar-refractivity contribution is 6.12. The number of rotatable bonds is 21. The lowest BCUT2D eigenvalue weighted by Crippen LogP contribution is -2.52. The second kappa shape index (κ2) is 19.7. The molecule has 1 aliphatic heterocycles. The van der Waals surface area contributed by atoms with Crippen LogP contribution in [0, 0.1) is 0 Å². The predicted octanol–water partition coefficient (Wildman–Crippen LogP) is -0.484. The van der Waals surface area contributed by atoms with E-state index < -0.39 is 92.1 Å². The molecule has 1 heterocycles. The molecule has 15 nitrogen and oxygen atoms in total. The number of hydrogen-bond acceptors (Lipinski definition) is 9. The van der Waals surface area contributed by atoms with Crippen LogP contribution in [0.15, 0.2) is 42.5 Å². The Labute approximate surface area is 274 Å². The Bertz CT molecular complexity index is 1310. The number of imide groups is 1. The second-order valence-corrected chi connectivity index (χ2v) is 10.7. The molecular formula is C30H39F3N6O9. The van der Waals surface area contributed by atoms with Crippen LogP contribution in [0.5, 0.6) is 0 Å². The zero-order chi connectivity index (χ0) is 35.7. The van der Waals surface area contributed by atoms with Crippen LogP contribution in [0.2, 0.25) is 0 Å². The van der Waals surface area contributed by atoms with Gasteiger partial charge in [0.25, 0.3) is 11.8 Å². The van der Waals surface area contributed by atoms with Gasteiger partial charge >= 0.3 is 12.1 Å². The Hall–Kier alpha value is -4.84. The molecule has 2 rings (SSSR count). The fourth-order valence-corrected chi connectivity index (χ4v) is 4.26. The van der Waals surface area contributed by atoms with Crippen molar-refractivity contribution in [1.82, 2.24) is 31.5 Å². The van der Waals surface area contributed by atoms with E-state index in [1.54, 1.807) is 30.3 Å². The summed E-state index contributed by atoms with van der Waals surface area (Å²) in [5, 5.41) is 20.2. The van der Waals surface area contributed by atoms with Crippen LogP contribution in [-0.4, -0.2) is 109 Å². The summed E-state index contributed by atoms with van der Waals surface area (Å²) in [7, 11) is 0. The molecule has 1 aliphatic rings. The molecule has 0 fully saturated rings. The number of carbonyl (C=O) groups is 7. The highest BCUT2D eigenvalue weighted by atomic mass is 19.4. The van der Waals surface area contributed by atoms with Gasteiger partial charge in [0.2, 0.25) is 23.6 Å². The largest absolute Gasteiger partial charge is 0.479 e. The molecule has 0 saturated heterocycles. The maximum absolute atomic E-state index is 13.5. The molecule has 0 radical (unpaired) electrons. The molecule has 6 amide bonds.